The quantitative estimate of drug-likeness (QED) is 0.556. The number of benzene rings is 1. The minimum Gasteiger partial charge on any atom is -0.454 e. The van der Waals surface area contributed by atoms with Crippen LogP contribution in [-0.4, -0.2) is 74.4 Å². The van der Waals surface area contributed by atoms with Gasteiger partial charge in [0.25, 0.3) is 0 Å². The van der Waals surface area contributed by atoms with Crippen molar-refractivity contribution in [1.29, 1.82) is 0 Å². The summed E-state index contributed by atoms with van der Waals surface area (Å²) in [6.45, 7) is 15.0. The van der Waals surface area contributed by atoms with E-state index in [0.29, 0.717) is 19.4 Å². The van der Waals surface area contributed by atoms with Crippen molar-refractivity contribution in [2.45, 2.75) is 33.4 Å². The largest absolute Gasteiger partial charge is 0.454 e. The van der Waals surface area contributed by atoms with Crippen LogP contribution in [0.15, 0.2) is 23.2 Å². The highest BCUT2D eigenvalue weighted by molar-refractivity contribution is 5.79. The van der Waals surface area contributed by atoms with Gasteiger partial charge in [0.2, 0.25) is 6.79 Å². The van der Waals surface area contributed by atoms with Crippen LogP contribution >= 0.6 is 0 Å². The van der Waals surface area contributed by atoms with Crippen molar-refractivity contribution < 1.29 is 9.47 Å². The number of likely N-dealkylation sites (N-methyl/N-ethyl adjacent to an activating group) is 1. The van der Waals surface area contributed by atoms with Crippen LogP contribution in [0.1, 0.15) is 26.3 Å². The highest BCUT2D eigenvalue weighted by Gasteiger charge is 2.20. The number of nitrogens with zero attached hydrogens (tertiary/aromatic N) is 3. The topological polar surface area (TPSA) is 61.4 Å². The number of guanidine groups is 1. The molecule has 0 aliphatic carbocycles. The molecule has 0 saturated carbocycles. The Balaban J connectivity index is 1.50. The van der Waals surface area contributed by atoms with Crippen LogP contribution in [0.2, 0.25) is 0 Å². The highest BCUT2D eigenvalue weighted by Crippen LogP contribution is 2.32. The summed E-state index contributed by atoms with van der Waals surface area (Å²) in [6.07, 6.45) is 0. The van der Waals surface area contributed by atoms with Crippen molar-refractivity contribution in [3.05, 3.63) is 23.8 Å². The fraction of sp³-hybridized carbons (Fsp3) is 0.650. The molecule has 1 unspecified atom stereocenters. The lowest BCUT2D eigenvalue weighted by Crippen LogP contribution is -2.53. The van der Waals surface area contributed by atoms with Gasteiger partial charge in [0, 0.05) is 45.3 Å². The third-order valence-corrected chi connectivity index (χ3v) is 5.24. The SMILES string of the molecule is CCNC(=NCc1ccc2c(c1)OCO2)NCC(C)N1CCN(CC)CC1. The summed E-state index contributed by atoms with van der Waals surface area (Å²) in [4.78, 5) is 9.79. The highest BCUT2D eigenvalue weighted by atomic mass is 16.7. The molecule has 0 aromatic heterocycles. The first-order valence-electron chi connectivity index (χ1n) is 10.1. The predicted octanol–water partition coefficient (Wildman–Crippen LogP) is 1.50. The fourth-order valence-corrected chi connectivity index (χ4v) is 3.45. The lowest BCUT2D eigenvalue weighted by Gasteiger charge is -2.37. The van der Waals surface area contributed by atoms with Crippen molar-refractivity contribution >= 4 is 5.96 Å². The number of aliphatic imine (C=N–C) groups is 1. The molecule has 1 aromatic carbocycles. The van der Waals surface area contributed by atoms with Crippen LogP contribution in [0.5, 0.6) is 11.5 Å². The molecular weight excluding hydrogens is 342 g/mol. The molecule has 2 aliphatic heterocycles. The Morgan fingerprint density at radius 1 is 1.11 bits per heavy atom. The Kier molecular flexibility index (Phi) is 7.18. The second kappa shape index (κ2) is 9.80. The minimum absolute atomic E-state index is 0.302. The summed E-state index contributed by atoms with van der Waals surface area (Å²) in [5.74, 6) is 2.47. The van der Waals surface area contributed by atoms with E-state index in [-0.39, 0.29) is 0 Å². The summed E-state index contributed by atoms with van der Waals surface area (Å²) in [6, 6.07) is 6.48. The van der Waals surface area contributed by atoms with E-state index in [1.165, 1.54) is 13.1 Å². The number of piperazine rings is 1. The van der Waals surface area contributed by atoms with E-state index in [2.05, 4.69) is 41.2 Å². The molecule has 2 heterocycles. The van der Waals surface area contributed by atoms with Gasteiger partial charge in [-0.3, -0.25) is 4.90 Å². The van der Waals surface area contributed by atoms with Crippen LogP contribution < -0.4 is 20.1 Å². The number of ether oxygens (including phenoxy) is 2. The first-order valence-corrected chi connectivity index (χ1v) is 10.1. The van der Waals surface area contributed by atoms with Gasteiger partial charge < -0.3 is 25.0 Å². The molecule has 1 atom stereocenters. The summed E-state index contributed by atoms with van der Waals surface area (Å²) < 4.78 is 10.8. The molecule has 0 spiro atoms. The summed E-state index contributed by atoms with van der Waals surface area (Å²) >= 11 is 0. The normalized spacial score (nSPS) is 19.1. The van der Waals surface area contributed by atoms with E-state index in [1.807, 2.05) is 18.2 Å². The molecule has 2 aliphatic rings. The third-order valence-electron chi connectivity index (χ3n) is 5.24. The monoisotopic (exact) mass is 375 g/mol. The van der Waals surface area contributed by atoms with E-state index in [4.69, 9.17) is 14.5 Å². The number of hydrogen-bond donors (Lipinski definition) is 2. The van der Waals surface area contributed by atoms with Gasteiger partial charge in [0.05, 0.1) is 6.54 Å². The second-order valence-corrected chi connectivity index (χ2v) is 7.08. The zero-order chi connectivity index (χ0) is 19.1. The molecule has 7 heteroatoms. The zero-order valence-corrected chi connectivity index (χ0v) is 16.8. The Morgan fingerprint density at radius 3 is 2.63 bits per heavy atom. The molecule has 150 valence electrons. The van der Waals surface area contributed by atoms with Gasteiger partial charge >= 0.3 is 0 Å². The van der Waals surface area contributed by atoms with Crippen LogP contribution in [0.3, 0.4) is 0 Å². The standard InChI is InChI=1S/C20H33N5O2/c1-4-21-20(22-13-16(3)25-10-8-24(5-2)9-11-25)23-14-17-6-7-18-19(12-17)27-15-26-18/h6-7,12,16H,4-5,8-11,13-15H2,1-3H3,(H2,21,22,23). The summed E-state index contributed by atoms with van der Waals surface area (Å²) in [5, 5.41) is 6.83. The Morgan fingerprint density at radius 2 is 1.89 bits per heavy atom. The number of hydrogen-bond acceptors (Lipinski definition) is 5. The van der Waals surface area contributed by atoms with Crippen molar-refractivity contribution in [2.24, 2.45) is 4.99 Å². The molecule has 27 heavy (non-hydrogen) atoms. The molecule has 1 fully saturated rings. The van der Waals surface area contributed by atoms with E-state index in [9.17, 15) is 0 Å². The van der Waals surface area contributed by atoms with E-state index >= 15 is 0 Å². The van der Waals surface area contributed by atoms with Gasteiger partial charge in [-0.05, 0) is 38.1 Å². The average Bonchev–Trinajstić information content (AvgIpc) is 3.17. The Hall–Kier alpha value is -1.99. The van der Waals surface area contributed by atoms with Gasteiger partial charge in [-0.1, -0.05) is 13.0 Å². The molecule has 0 bridgehead atoms. The van der Waals surface area contributed by atoms with Crippen LogP contribution in [0.25, 0.3) is 0 Å². The van der Waals surface area contributed by atoms with E-state index in [1.54, 1.807) is 0 Å². The molecule has 0 radical (unpaired) electrons. The maximum absolute atomic E-state index is 5.44. The van der Waals surface area contributed by atoms with Gasteiger partial charge in [-0.25, -0.2) is 4.99 Å². The number of nitrogens with one attached hydrogen (secondary N) is 2. The molecular formula is C20H33N5O2. The molecule has 3 rings (SSSR count). The Labute approximate surface area is 162 Å². The van der Waals surface area contributed by atoms with E-state index in [0.717, 1.165) is 55.7 Å². The third kappa shape index (κ3) is 5.49. The lowest BCUT2D eigenvalue weighted by molar-refractivity contribution is 0.107. The van der Waals surface area contributed by atoms with E-state index < -0.39 is 0 Å². The predicted molar refractivity (Wildman–Crippen MR) is 109 cm³/mol. The number of fused-ring (bicyclic) bond motifs is 1. The molecule has 1 aromatic rings. The van der Waals surface area contributed by atoms with Gasteiger partial charge in [0.1, 0.15) is 0 Å². The maximum Gasteiger partial charge on any atom is 0.231 e. The van der Waals surface area contributed by atoms with Crippen LogP contribution in [0.4, 0.5) is 0 Å². The van der Waals surface area contributed by atoms with Crippen LogP contribution in [-0.2, 0) is 6.54 Å². The molecule has 0 amide bonds. The summed E-state index contributed by atoms with van der Waals surface area (Å²) in [5.41, 5.74) is 1.11. The fourth-order valence-electron chi connectivity index (χ4n) is 3.45. The maximum atomic E-state index is 5.44. The lowest BCUT2D eigenvalue weighted by atomic mass is 10.2. The Bertz CT molecular complexity index is 629. The number of rotatable bonds is 7. The molecule has 1 saturated heterocycles. The van der Waals surface area contributed by atoms with Gasteiger partial charge in [-0.15, -0.1) is 0 Å². The first-order chi connectivity index (χ1) is 13.2. The van der Waals surface area contributed by atoms with Crippen molar-refractivity contribution in [3.8, 4) is 11.5 Å². The zero-order valence-electron chi connectivity index (χ0n) is 16.8. The first kappa shape index (κ1) is 19.8. The van der Waals surface area contributed by atoms with Gasteiger partial charge in [-0.2, -0.15) is 0 Å². The second-order valence-electron chi connectivity index (χ2n) is 7.08. The van der Waals surface area contributed by atoms with Crippen molar-refractivity contribution in [3.63, 3.8) is 0 Å². The minimum atomic E-state index is 0.302. The summed E-state index contributed by atoms with van der Waals surface area (Å²) in [7, 11) is 0. The van der Waals surface area contributed by atoms with Crippen molar-refractivity contribution in [1.82, 2.24) is 20.4 Å². The smallest absolute Gasteiger partial charge is 0.231 e. The average molecular weight is 376 g/mol. The molecule has 7 nitrogen and oxygen atoms in total. The van der Waals surface area contributed by atoms with Crippen molar-refractivity contribution in [2.75, 3.05) is 52.6 Å². The molecule has 2 N–H and O–H groups in total. The van der Waals surface area contributed by atoms with Gasteiger partial charge in [0.15, 0.2) is 17.5 Å². The van der Waals surface area contributed by atoms with Crippen LogP contribution in [0, 0.1) is 0 Å².